The Morgan fingerprint density at radius 3 is 2.69 bits per heavy atom. The largest absolute Gasteiger partial charge is 0.543 e. The number of halogens is 1. The molecule has 2 aromatic heterocycles. The van der Waals surface area contributed by atoms with Gasteiger partial charge in [-0.3, -0.25) is 5.41 Å². The molecule has 12 nitrogen and oxygen atoms in total. The molecular formula is C37H45FN8O4S2. The second-order valence-electron chi connectivity index (χ2n) is 13.1. The Bertz CT molecular complexity index is 1960. The Morgan fingerprint density at radius 2 is 2.00 bits per heavy atom. The van der Waals surface area contributed by atoms with Crippen molar-refractivity contribution in [3.8, 4) is 17.6 Å². The van der Waals surface area contributed by atoms with E-state index in [1.807, 2.05) is 45.4 Å². The zero-order valence-corrected chi connectivity index (χ0v) is 31.7. The van der Waals surface area contributed by atoms with Crippen molar-refractivity contribution in [2.45, 2.75) is 38.7 Å². The number of rotatable bonds is 17. The number of ether oxygens (including phenoxy) is 1. The number of carbonyl (C=O) groups excluding carboxylic acids is 1. The van der Waals surface area contributed by atoms with Crippen LogP contribution in [0.1, 0.15) is 47.1 Å². The molecule has 0 aliphatic carbocycles. The van der Waals surface area contributed by atoms with Gasteiger partial charge in [-0.15, -0.1) is 11.3 Å². The number of para-hydroxylation sites is 1. The van der Waals surface area contributed by atoms with Crippen LogP contribution in [0.15, 0.2) is 59.1 Å². The maximum absolute atomic E-state index is 14.6. The van der Waals surface area contributed by atoms with Crippen LogP contribution in [0.4, 0.5) is 14.7 Å². The van der Waals surface area contributed by atoms with Crippen molar-refractivity contribution in [2.24, 2.45) is 10.7 Å². The molecular weight excluding hydrogens is 704 g/mol. The number of benzene rings is 2. The number of aromatic nitrogens is 2. The molecule has 0 saturated heterocycles. The van der Waals surface area contributed by atoms with Crippen LogP contribution in [0, 0.1) is 23.1 Å². The fraction of sp³-hybridized carbons (Fsp3) is 0.378. The number of nitrogens with zero attached hydrogens (tertiary/aromatic N) is 5. The van der Waals surface area contributed by atoms with Gasteiger partial charge in [-0.05, 0) is 81.6 Å². The number of nitrogens with two attached hydrogens (primary N) is 1. The third-order valence-corrected chi connectivity index (χ3v) is 9.64. The highest BCUT2D eigenvalue weighted by atomic mass is 32.1. The number of hydrogen-bond acceptors (Lipinski definition) is 11. The van der Waals surface area contributed by atoms with Gasteiger partial charge in [0.15, 0.2) is 16.7 Å². The number of nitrogens with one attached hydrogen (secondary N) is 2. The third-order valence-electron chi connectivity index (χ3n) is 7.57. The number of aryl methyl sites for hydroxylation is 1. The van der Waals surface area contributed by atoms with Gasteiger partial charge in [-0.25, -0.2) is 19.4 Å². The lowest BCUT2D eigenvalue weighted by Crippen LogP contribution is -2.41. The summed E-state index contributed by atoms with van der Waals surface area (Å²) in [6, 6.07) is 12.2. The van der Waals surface area contributed by atoms with E-state index >= 15 is 0 Å². The Labute approximate surface area is 311 Å². The van der Waals surface area contributed by atoms with Crippen LogP contribution in [-0.4, -0.2) is 97.7 Å². The van der Waals surface area contributed by atoms with Gasteiger partial charge in [0.2, 0.25) is 5.13 Å². The summed E-state index contributed by atoms with van der Waals surface area (Å²) in [7, 11) is 7.77. The number of amidine groups is 2. The Balaban J connectivity index is 1.51. The topological polar surface area (TPSA) is 173 Å². The lowest BCUT2D eigenvalue weighted by atomic mass is 10.1. The zero-order chi connectivity index (χ0) is 37.8. The highest BCUT2D eigenvalue weighted by Gasteiger charge is 2.22. The van der Waals surface area contributed by atoms with Crippen LogP contribution in [0.25, 0.3) is 10.2 Å². The number of aliphatic hydroxyl groups is 1. The molecule has 2 heterocycles. The van der Waals surface area contributed by atoms with Crippen LogP contribution < -0.4 is 25.8 Å². The SMILES string of the molecule is CNCC#Cc1ccc(OCCCc2sc(N(CCCC(O)C[N+](C)(C)C)C(=N)/C=C(C)\C(N)=N\c3nc4ccccc4s3)nc2C(=O)[O-])c(F)c1. The number of fused-ring (bicyclic) bond motifs is 1. The first-order valence-corrected chi connectivity index (χ1v) is 18.4. The summed E-state index contributed by atoms with van der Waals surface area (Å²) >= 11 is 2.53. The van der Waals surface area contributed by atoms with Crippen LogP contribution in [-0.2, 0) is 6.42 Å². The van der Waals surface area contributed by atoms with Gasteiger partial charge in [0, 0.05) is 17.0 Å². The average molecular weight is 749 g/mol. The van der Waals surface area contributed by atoms with E-state index in [1.165, 1.54) is 23.5 Å². The van der Waals surface area contributed by atoms with Crippen LogP contribution in [0.2, 0.25) is 0 Å². The van der Waals surface area contributed by atoms with Crippen LogP contribution >= 0.6 is 22.7 Å². The van der Waals surface area contributed by atoms with E-state index in [2.05, 4.69) is 32.1 Å². The van der Waals surface area contributed by atoms with Crippen molar-refractivity contribution in [3.63, 3.8) is 0 Å². The van der Waals surface area contributed by atoms with Gasteiger partial charge in [0.25, 0.3) is 0 Å². The molecule has 276 valence electrons. The number of quaternary nitrogens is 1. The molecule has 0 aliphatic heterocycles. The molecule has 1 atom stereocenters. The Morgan fingerprint density at radius 1 is 1.23 bits per heavy atom. The van der Waals surface area contributed by atoms with E-state index in [1.54, 1.807) is 31.0 Å². The number of aliphatic imine (C=N–C) groups is 1. The number of hydrogen-bond donors (Lipinski definition) is 4. The standard InChI is InChI=1S/C37H45FN8O4S2/c1-24(34(40)44-36-42-28-13-6-7-14-30(28)51-36)21-32(39)45(19-9-12-26(47)23-46(3,4)5)37-43-33(35(48)49)31(52-37)15-10-20-50-29-17-16-25(22-27(29)38)11-8-18-41-2/h6-7,13-14,16-17,21-22,26,39,41,47H,9-10,12,15,18-20,23H2,1-5H3,(H2-,40,42,44,48,49)/b24-21-,39-32?. The maximum atomic E-state index is 14.6. The van der Waals surface area contributed by atoms with Gasteiger partial charge >= 0.3 is 0 Å². The highest BCUT2D eigenvalue weighted by Crippen LogP contribution is 2.30. The maximum Gasteiger partial charge on any atom is 0.212 e. The molecule has 0 radical (unpaired) electrons. The number of carbonyl (C=O) groups is 1. The number of likely N-dealkylation sites (N-methyl/N-ethyl adjacent to an activating group) is 1. The first kappa shape index (κ1) is 40.1. The quantitative estimate of drug-likeness (QED) is 0.0408. The van der Waals surface area contributed by atoms with Crippen molar-refractivity contribution in [1.29, 1.82) is 5.41 Å². The second-order valence-corrected chi connectivity index (χ2v) is 15.2. The average Bonchev–Trinajstić information content (AvgIpc) is 3.69. The van der Waals surface area contributed by atoms with Gasteiger partial charge in [-0.2, -0.15) is 0 Å². The second kappa shape index (κ2) is 18.7. The van der Waals surface area contributed by atoms with Crippen molar-refractivity contribution in [2.75, 3.05) is 59.3 Å². The molecule has 0 fully saturated rings. The van der Waals surface area contributed by atoms with Crippen molar-refractivity contribution in [1.82, 2.24) is 15.3 Å². The predicted molar refractivity (Wildman–Crippen MR) is 205 cm³/mol. The highest BCUT2D eigenvalue weighted by molar-refractivity contribution is 7.22. The molecule has 1 unspecified atom stereocenters. The molecule has 0 amide bonds. The van der Waals surface area contributed by atoms with Crippen LogP contribution in [0.3, 0.4) is 0 Å². The number of thiazole rings is 2. The summed E-state index contributed by atoms with van der Waals surface area (Å²) < 4.78 is 21.8. The van der Waals surface area contributed by atoms with E-state index in [9.17, 15) is 19.4 Å². The van der Waals surface area contributed by atoms with Gasteiger partial charge in [0.1, 0.15) is 30.0 Å². The van der Waals surface area contributed by atoms with Gasteiger partial charge in [0.05, 0.1) is 50.5 Å². The van der Waals surface area contributed by atoms with Crippen LogP contribution in [0.5, 0.6) is 5.75 Å². The molecule has 4 aromatic rings. The Kier molecular flexibility index (Phi) is 14.4. The first-order valence-electron chi connectivity index (χ1n) is 16.7. The minimum atomic E-state index is -1.44. The molecule has 5 N–H and O–H groups in total. The van der Waals surface area contributed by atoms with Crippen molar-refractivity contribution < 1.29 is 28.6 Å². The molecule has 0 saturated carbocycles. The van der Waals surface area contributed by atoms with E-state index < -0.39 is 17.9 Å². The Hall–Kier alpha value is -4.72. The molecule has 0 aliphatic rings. The predicted octanol–water partition coefficient (Wildman–Crippen LogP) is 4.10. The van der Waals surface area contributed by atoms with Crippen molar-refractivity contribution in [3.05, 3.63) is 76.1 Å². The number of aromatic carboxylic acids is 1. The summed E-state index contributed by atoms with van der Waals surface area (Å²) in [4.78, 5) is 27.6. The monoisotopic (exact) mass is 748 g/mol. The number of carboxylic acid groups (broad SMARTS) is 1. The summed E-state index contributed by atoms with van der Waals surface area (Å²) in [6.07, 6.45) is 2.59. The number of anilines is 1. The fourth-order valence-electron chi connectivity index (χ4n) is 5.11. The van der Waals surface area contributed by atoms with E-state index in [0.717, 1.165) is 21.6 Å². The van der Waals surface area contributed by atoms with E-state index in [0.29, 0.717) is 58.0 Å². The molecule has 0 spiro atoms. The molecule has 2 aromatic carbocycles. The lowest BCUT2D eigenvalue weighted by molar-refractivity contribution is -0.873. The van der Waals surface area contributed by atoms with Gasteiger partial charge < -0.3 is 40.2 Å². The summed E-state index contributed by atoms with van der Waals surface area (Å²) in [5.41, 5.74) is 7.96. The number of carboxylic acids is 1. The lowest BCUT2D eigenvalue weighted by Gasteiger charge is -2.27. The fourth-order valence-corrected chi connectivity index (χ4v) is 7.09. The minimum Gasteiger partial charge on any atom is -0.543 e. The first-order chi connectivity index (χ1) is 24.7. The summed E-state index contributed by atoms with van der Waals surface area (Å²) in [5, 5.41) is 35.5. The molecule has 4 rings (SSSR count). The zero-order valence-electron chi connectivity index (χ0n) is 30.0. The minimum absolute atomic E-state index is 0.0177. The molecule has 15 heteroatoms. The molecule has 0 bridgehead atoms. The smallest absolute Gasteiger partial charge is 0.212 e. The van der Waals surface area contributed by atoms with E-state index in [4.69, 9.17) is 15.9 Å². The summed E-state index contributed by atoms with van der Waals surface area (Å²) in [5.74, 6) is 4.04. The molecule has 52 heavy (non-hydrogen) atoms. The number of aliphatic hydroxyl groups excluding tert-OH is 1. The van der Waals surface area contributed by atoms with Gasteiger partial charge in [-0.1, -0.05) is 35.3 Å². The van der Waals surface area contributed by atoms with E-state index in [-0.39, 0.29) is 47.8 Å². The third kappa shape index (κ3) is 11.9. The summed E-state index contributed by atoms with van der Waals surface area (Å²) in [6.45, 7) is 3.17. The normalized spacial score (nSPS) is 12.8. The van der Waals surface area contributed by atoms with Crippen molar-refractivity contribution >= 4 is 60.8 Å².